The van der Waals surface area contributed by atoms with E-state index in [1.165, 1.54) is 50.3 Å². The Labute approximate surface area is 573 Å². The van der Waals surface area contributed by atoms with Crippen molar-refractivity contribution in [3.8, 4) is 56.3 Å². The van der Waals surface area contributed by atoms with Gasteiger partial charge in [-0.3, -0.25) is 9.68 Å². The second-order valence-electron chi connectivity index (χ2n) is 23.1. The number of aromatic hydroxyl groups is 2. The number of allylic oxidation sites excluding steroid dienone is 8. The Kier molecular flexibility index (Phi) is 21.6. The summed E-state index contributed by atoms with van der Waals surface area (Å²) in [6, 6.07) is 39.4. The summed E-state index contributed by atoms with van der Waals surface area (Å²) in [5.74, 6) is -16.3. The van der Waals surface area contributed by atoms with Gasteiger partial charge in [0.05, 0.1) is 42.5 Å². The Bertz CT molecular complexity index is 4100. The topological polar surface area (TPSA) is 353 Å². The van der Waals surface area contributed by atoms with Gasteiger partial charge in [-0.15, -0.1) is 0 Å². The Balaban J connectivity index is 0.000000281. The quantitative estimate of drug-likeness (QED) is 0.0101. The number of ether oxygens (including phenoxy) is 9. The van der Waals surface area contributed by atoms with E-state index in [0.717, 1.165) is 69.1 Å². The summed E-state index contributed by atoms with van der Waals surface area (Å²) in [5, 5.41) is 57.1. The van der Waals surface area contributed by atoms with E-state index in [-0.39, 0.29) is 65.9 Å². The predicted octanol–water partition coefficient (Wildman–Crippen LogP) is 8.17. The van der Waals surface area contributed by atoms with Crippen molar-refractivity contribution in [2.75, 3.05) is 6.61 Å². The molecule has 6 heterocycles. The van der Waals surface area contributed by atoms with E-state index in [1.54, 1.807) is 19.1 Å². The van der Waals surface area contributed by atoms with Crippen LogP contribution in [0.15, 0.2) is 241 Å². The fraction of sp³-hybridized carbons (Fsp3) is 0.216. The molecule has 518 valence electrons. The standard InChI is InChI=1S/C40H40O22.C34H24N2O2.2H2/c1-4-52-27(41)15-17-37(2)53-29(43)23(30(44)54-37)11-7-5-9-13-25-33(47)57-39(58-34(25)48)19-21-40(22-20-39)59-35(49)26(36(50)60-40)14-10-6-8-12-24-31(45)55-38(3,56-32(24)46)18-16-28(42)61-62-51;37-33-13-11-29(23-31(33)27-7-3-1-4-8-27)35-19-15-25(16-20-35)26-17-21-36(22-18-26)30-12-14-34(38)32(24-30)28-9-5-2-6-10-28;;/h5-14,43,45,51H,4,15-22H2,1-3H3;1-24H;2*1H/b9-5?,10-6+,11-7?,12-8+,25-13?,26-14?;;;. The first kappa shape index (κ1) is 70.4. The molecular formula is C74H68N2O24. The highest BCUT2D eigenvalue weighted by Crippen LogP contribution is 2.45. The number of carbonyl (C=O) groups is 8. The van der Waals surface area contributed by atoms with Crippen molar-refractivity contribution in [1.29, 1.82) is 0 Å². The van der Waals surface area contributed by atoms with E-state index < -0.39 is 112 Å². The predicted molar refractivity (Wildman–Crippen MR) is 345 cm³/mol. The smallest absolute Gasteiger partial charge is 0.348 e. The fourth-order valence-electron chi connectivity index (χ4n) is 10.8. The maximum absolute atomic E-state index is 12.9. The monoisotopic (exact) mass is 1370 g/mol. The highest BCUT2D eigenvalue weighted by molar-refractivity contribution is 6.16. The van der Waals surface area contributed by atoms with Gasteiger partial charge >= 0.3 is 47.8 Å². The van der Waals surface area contributed by atoms with Crippen LogP contribution in [0.5, 0.6) is 11.5 Å². The molecule has 0 amide bonds. The molecule has 1 aliphatic carbocycles. The number of cyclic esters (lactones) is 2. The molecule has 2 atom stereocenters. The number of rotatable bonds is 19. The van der Waals surface area contributed by atoms with Gasteiger partial charge in [0.25, 0.3) is 11.6 Å². The minimum absolute atomic E-state index is 0. The van der Waals surface area contributed by atoms with Gasteiger partial charge in [-0.1, -0.05) is 97.1 Å². The second-order valence-corrected chi connectivity index (χ2v) is 23.1. The third-order valence-corrected chi connectivity index (χ3v) is 16.1. The second kappa shape index (κ2) is 30.8. The molecule has 5 aliphatic rings. The van der Waals surface area contributed by atoms with Crippen LogP contribution < -0.4 is 19.3 Å². The van der Waals surface area contributed by atoms with Gasteiger partial charge in [0, 0.05) is 101 Å². The fourth-order valence-corrected chi connectivity index (χ4v) is 10.8. The number of carbonyl (C=O) groups excluding carboxylic acids is 8. The van der Waals surface area contributed by atoms with E-state index >= 15 is 0 Å². The Morgan fingerprint density at radius 1 is 0.490 bits per heavy atom. The number of benzene rings is 4. The zero-order chi connectivity index (χ0) is 71.2. The number of phenolic OH excluding ortho intramolecular Hbond substituents is 2. The number of pyridine rings is 2. The number of nitrogens with zero attached hydrogens (tertiary/aromatic N) is 2. The molecule has 26 heteroatoms. The molecule has 26 nitrogen and oxygen atoms in total. The lowest BCUT2D eigenvalue weighted by Crippen LogP contribution is -2.56. The van der Waals surface area contributed by atoms with Crippen LogP contribution in [0.1, 0.15) is 75.0 Å². The van der Waals surface area contributed by atoms with E-state index in [4.69, 9.17) is 47.9 Å². The molecule has 11 rings (SSSR count). The van der Waals surface area contributed by atoms with Gasteiger partial charge in [0.15, 0.2) is 36.4 Å². The van der Waals surface area contributed by atoms with E-state index in [9.17, 15) is 58.8 Å². The molecule has 2 spiro atoms. The maximum atomic E-state index is 12.9. The van der Waals surface area contributed by atoms with Gasteiger partial charge in [-0.05, 0) is 84.5 Å². The minimum Gasteiger partial charge on any atom is -0.574 e. The summed E-state index contributed by atoms with van der Waals surface area (Å²) in [4.78, 5) is 103. The molecule has 2 aromatic heterocycles. The van der Waals surface area contributed by atoms with Crippen LogP contribution in [0, 0.1) is 0 Å². The summed E-state index contributed by atoms with van der Waals surface area (Å²) >= 11 is 0. The van der Waals surface area contributed by atoms with E-state index in [1.807, 2.05) is 119 Å². The molecule has 2 unspecified atom stereocenters. The van der Waals surface area contributed by atoms with Crippen LogP contribution in [0.4, 0.5) is 0 Å². The number of aromatic nitrogens is 2. The number of hydrogen-bond donors (Lipinski definition) is 3. The van der Waals surface area contributed by atoms with E-state index in [2.05, 4.69) is 34.2 Å². The third kappa shape index (κ3) is 17.0. The van der Waals surface area contributed by atoms with Crippen molar-refractivity contribution in [3.63, 3.8) is 0 Å². The average Bonchev–Trinajstić information content (AvgIpc) is 0.755. The third-order valence-electron chi connectivity index (χ3n) is 16.1. The SMILES string of the molecule is CCOC(=O)CCC1(C)OC(=O)C(C=CC=CC=C2C(=O)OC3(CCC4(CC3)OC(=O)C(=C/C=C/C=C/C3=C([O-])OC(C)(CCC(=O)OOO)OC3=O)C(=O)O4)OC2=O)=C([O-])O1.Oc1ccc(-[n+]2ccc(-c3cc[n+](-c4ccc(O)c(-c5ccccc5)c4)cc3)cc2)cc1-c1ccccc1.[HH].[HH]. The van der Waals surface area contributed by atoms with Gasteiger partial charge < -0.3 is 63.1 Å². The first-order chi connectivity index (χ1) is 48.0. The molecule has 3 N–H and O–H groups in total. The lowest BCUT2D eigenvalue weighted by Gasteiger charge is -2.45. The van der Waals surface area contributed by atoms with Crippen LogP contribution >= 0.6 is 0 Å². The van der Waals surface area contributed by atoms with Crippen molar-refractivity contribution in [2.45, 2.75) is 95.3 Å². The van der Waals surface area contributed by atoms with Crippen LogP contribution in [-0.2, 0) is 90.9 Å². The summed E-state index contributed by atoms with van der Waals surface area (Å²) in [7, 11) is 0. The van der Waals surface area contributed by atoms with Crippen LogP contribution in [-0.4, -0.2) is 93.0 Å². The van der Waals surface area contributed by atoms with Crippen molar-refractivity contribution < 1.29 is 129 Å². The highest BCUT2D eigenvalue weighted by atomic mass is 17.5. The first-order valence-corrected chi connectivity index (χ1v) is 31.2. The molecule has 4 aromatic carbocycles. The Morgan fingerprint density at radius 3 is 1.23 bits per heavy atom. The zero-order valence-corrected chi connectivity index (χ0v) is 53.8. The number of phenols is 2. The molecule has 6 aromatic rings. The molecular weight excluding hydrogens is 1300 g/mol. The van der Waals surface area contributed by atoms with Gasteiger partial charge in [0.2, 0.25) is 11.4 Å². The summed E-state index contributed by atoms with van der Waals surface area (Å²) < 4.78 is 51.4. The molecule has 0 radical (unpaired) electrons. The van der Waals surface area contributed by atoms with Crippen LogP contribution in [0.25, 0.3) is 44.8 Å². The van der Waals surface area contributed by atoms with Crippen molar-refractivity contribution in [1.82, 2.24) is 0 Å². The first-order valence-electron chi connectivity index (χ1n) is 31.2. The largest absolute Gasteiger partial charge is 0.574 e. The molecule has 2 saturated heterocycles. The highest BCUT2D eigenvalue weighted by Gasteiger charge is 2.57. The number of hydrogen-bond acceptors (Lipinski definition) is 24. The van der Waals surface area contributed by atoms with Gasteiger partial charge in [-0.2, -0.15) is 9.13 Å². The molecule has 3 fully saturated rings. The van der Waals surface area contributed by atoms with E-state index in [0.29, 0.717) is 0 Å². The lowest BCUT2D eigenvalue weighted by molar-refractivity contribution is -0.596. The van der Waals surface area contributed by atoms with Crippen LogP contribution in [0.3, 0.4) is 0 Å². The van der Waals surface area contributed by atoms with Crippen molar-refractivity contribution in [3.05, 3.63) is 241 Å². The Morgan fingerprint density at radius 2 is 0.870 bits per heavy atom. The summed E-state index contributed by atoms with van der Waals surface area (Å²) in [6.07, 6.45) is 18.0. The summed E-state index contributed by atoms with van der Waals surface area (Å²) in [5.41, 5.74) is 5.78. The maximum Gasteiger partial charge on any atom is 0.348 e. The molecule has 100 heavy (non-hydrogen) atoms. The summed E-state index contributed by atoms with van der Waals surface area (Å²) in [6.45, 7) is 4.34. The molecule has 4 aliphatic heterocycles. The average molecular weight is 1370 g/mol. The van der Waals surface area contributed by atoms with Crippen molar-refractivity contribution in [2.24, 2.45) is 0 Å². The lowest BCUT2D eigenvalue weighted by atomic mass is 9.87. The van der Waals surface area contributed by atoms with Gasteiger partial charge in [-0.25, -0.2) is 38.8 Å². The molecule has 1 saturated carbocycles. The zero-order valence-electron chi connectivity index (χ0n) is 53.8. The Hall–Kier alpha value is -12.4. The van der Waals surface area contributed by atoms with Crippen molar-refractivity contribution >= 4 is 47.8 Å². The van der Waals surface area contributed by atoms with Crippen LogP contribution in [0.2, 0.25) is 0 Å². The molecule has 0 bridgehead atoms. The minimum atomic E-state index is -1.80. The normalized spacial score (nSPS) is 21.4. The number of esters is 7. The van der Waals surface area contributed by atoms with Gasteiger partial charge in [0.1, 0.15) is 22.6 Å².